The molecule has 0 radical (unpaired) electrons. The van der Waals surface area contributed by atoms with E-state index >= 15 is 0 Å². The maximum atomic E-state index is 12.3. The summed E-state index contributed by atoms with van der Waals surface area (Å²) in [5.74, 6) is -0.177. The molecule has 0 spiro atoms. The minimum absolute atomic E-state index is 0.138. The Kier molecular flexibility index (Phi) is 6.44. The maximum absolute atomic E-state index is 12.3. The zero-order valence-electron chi connectivity index (χ0n) is 14.2. The van der Waals surface area contributed by atoms with Crippen LogP contribution in [0.2, 0.25) is 0 Å². The van der Waals surface area contributed by atoms with E-state index in [4.69, 9.17) is 4.74 Å². The summed E-state index contributed by atoms with van der Waals surface area (Å²) in [4.78, 5) is 27.1. The average Bonchev–Trinajstić information content (AvgIpc) is 3.03. The second kappa shape index (κ2) is 8.76. The lowest BCUT2D eigenvalue weighted by molar-refractivity contribution is -0.385. The van der Waals surface area contributed by atoms with E-state index in [-0.39, 0.29) is 17.9 Å². The first-order valence-corrected chi connectivity index (χ1v) is 8.14. The number of hydrogen-bond donors (Lipinski definition) is 2. The zero-order valence-corrected chi connectivity index (χ0v) is 14.2. The van der Waals surface area contributed by atoms with Crippen LogP contribution in [0.5, 0.6) is 5.88 Å². The van der Waals surface area contributed by atoms with Gasteiger partial charge in [-0.15, -0.1) is 0 Å². The molecule has 1 amide bonds. The second-order valence-electron chi connectivity index (χ2n) is 5.41. The van der Waals surface area contributed by atoms with Crippen LogP contribution in [-0.2, 0) is 13.0 Å². The van der Waals surface area contributed by atoms with E-state index < -0.39 is 10.8 Å². The van der Waals surface area contributed by atoms with Crippen LogP contribution in [0.25, 0.3) is 0 Å². The predicted molar refractivity (Wildman–Crippen MR) is 90.4 cm³/mol. The molecule has 0 saturated carbocycles. The molecular weight excluding hydrogens is 326 g/mol. The summed E-state index contributed by atoms with van der Waals surface area (Å²) in [7, 11) is 0. The van der Waals surface area contributed by atoms with E-state index in [2.05, 4.69) is 20.5 Å². The second-order valence-corrected chi connectivity index (χ2v) is 5.41. The quantitative estimate of drug-likeness (QED) is 0.530. The molecule has 2 heterocycles. The van der Waals surface area contributed by atoms with Crippen LogP contribution in [-0.4, -0.2) is 32.6 Å². The third-order valence-electron chi connectivity index (χ3n) is 3.44. The lowest BCUT2D eigenvalue weighted by Crippen LogP contribution is -2.24. The van der Waals surface area contributed by atoms with Gasteiger partial charge in [-0.05, 0) is 18.9 Å². The van der Waals surface area contributed by atoms with E-state index in [1.165, 1.54) is 0 Å². The van der Waals surface area contributed by atoms with Gasteiger partial charge in [0.25, 0.3) is 5.91 Å². The van der Waals surface area contributed by atoms with E-state index in [0.29, 0.717) is 36.6 Å². The van der Waals surface area contributed by atoms with Gasteiger partial charge in [-0.3, -0.25) is 20.0 Å². The number of ether oxygens (including phenoxy) is 1. The van der Waals surface area contributed by atoms with Crippen molar-refractivity contribution in [2.75, 3.05) is 6.61 Å². The Morgan fingerprint density at radius 1 is 1.40 bits per heavy atom. The lowest BCUT2D eigenvalue weighted by Gasteiger charge is -2.09. The molecule has 9 nitrogen and oxygen atoms in total. The van der Waals surface area contributed by atoms with Gasteiger partial charge in [0.2, 0.25) is 11.6 Å². The standard InChI is InChI=1S/C16H21N5O4/c1-3-6-12-14(21(23)24)13(20-19-12)15(22)18-10-11-7-5-8-17-16(11)25-9-4-2/h5,7-8H,3-4,6,9-10H2,1-2H3,(H,18,22)(H,19,20). The number of rotatable bonds is 9. The van der Waals surface area contributed by atoms with Crippen LogP contribution in [0.3, 0.4) is 0 Å². The van der Waals surface area contributed by atoms with E-state index in [1.54, 1.807) is 18.3 Å². The molecule has 2 rings (SSSR count). The minimum Gasteiger partial charge on any atom is -0.477 e. The number of carbonyl (C=O) groups is 1. The number of nitro groups is 1. The Bertz CT molecular complexity index is 744. The Morgan fingerprint density at radius 2 is 2.20 bits per heavy atom. The number of aromatic nitrogens is 3. The summed E-state index contributed by atoms with van der Waals surface area (Å²) in [5, 5.41) is 20.3. The molecule has 0 fully saturated rings. The molecule has 0 unspecified atom stereocenters. The Balaban J connectivity index is 2.12. The fourth-order valence-corrected chi connectivity index (χ4v) is 2.30. The van der Waals surface area contributed by atoms with Crippen molar-refractivity contribution in [3.63, 3.8) is 0 Å². The summed E-state index contributed by atoms with van der Waals surface area (Å²) < 4.78 is 5.53. The number of nitrogens with zero attached hydrogens (tertiary/aromatic N) is 3. The van der Waals surface area contributed by atoms with Gasteiger partial charge in [0.15, 0.2) is 0 Å². The molecule has 0 aliphatic rings. The number of hydrogen-bond acceptors (Lipinski definition) is 6. The molecule has 0 aliphatic carbocycles. The molecule has 134 valence electrons. The molecule has 0 saturated heterocycles. The molecule has 0 bridgehead atoms. The van der Waals surface area contributed by atoms with Gasteiger partial charge in [-0.25, -0.2) is 4.98 Å². The van der Waals surface area contributed by atoms with Crippen LogP contribution in [0, 0.1) is 10.1 Å². The molecule has 2 aromatic rings. The van der Waals surface area contributed by atoms with Crippen LogP contribution in [0.4, 0.5) is 5.69 Å². The summed E-state index contributed by atoms with van der Waals surface area (Å²) in [6.45, 7) is 4.53. The highest BCUT2D eigenvalue weighted by atomic mass is 16.6. The smallest absolute Gasteiger partial charge is 0.322 e. The molecule has 0 aromatic carbocycles. The third kappa shape index (κ3) is 4.52. The minimum atomic E-state index is -0.615. The topological polar surface area (TPSA) is 123 Å². The number of amides is 1. The molecule has 0 aliphatic heterocycles. The van der Waals surface area contributed by atoms with E-state index in [9.17, 15) is 14.9 Å². The van der Waals surface area contributed by atoms with Crippen LogP contribution in [0.1, 0.15) is 48.4 Å². The van der Waals surface area contributed by atoms with Crippen molar-refractivity contribution in [2.24, 2.45) is 0 Å². The Labute approximate surface area is 145 Å². The molecule has 9 heteroatoms. The summed E-state index contributed by atoms with van der Waals surface area (Å²) >= 11 is 0. The normalized spacial score (nSPS) is 10.5. The molecular formula is C16H21N5O4. The van der Waals surface area contributed by atoms with Crippen LogP contribution in [0.15, 0.2) is 18.3 Å². The molecule has 2 aromatic heterocycles. The third-order valence-corrected chi connectivity index (χ3v) is 3.44. The SMILES string of the molecule is CCCOc1ncccc1CNC(=O)c1n[nH]c(CCC)c1[N+](=O)[O-]. The van der Waals surface area contributed by atoms with Gasteiger partial charge in [0.1, 0.15) is 5.69 Å². The largest absolute Gasteiger partial charge is 0.477 e. The van der Waals surface area contributed by atoms with Crippen molar-refractivity contribution in [1.29, 1.82) is 0 Å². The monoisotopic (exact) mass is 347 g/mol. The fourth-order valence-electron chi connectivity index (χ4n) is 2.30. The van der Waals surface area contributed by atoms with Crippen LogP contribution < -0.4 is 10.1 Å². The molecule has 2 N–H and O–H groups in total. The summed E-state index contributed by atoms with van der Waals surface area (Å²) in [5.41, 5.74) is 0.559. The summed E-state index contributed by atoms with van der Waals surface area (Å²) in [6, 6.07) is 3.51. The van der Waals surface area contributed by atoms with Gasteiger partial charge < -0.3 is 10.1 Å². The number of nitrogens with one attached hydrogen (secondary N) is 2. The van der Waals surface area contributed by atoms with Crippen molar-refractivity contribution in [1.82, 2.24) is 20.5 Å². The van der Waals surface area contributed by atoms with Gasteiger partial charge in [-0.1, -0.05) is 26.3 Å². The number of H-pyrrole nitrogens is 1. The van der Waals surface area contributed by atoms with Gasteiger partial charge in [-0.2, -0.15) is 5.10 Å². The molecule has 25 heavy (non-hydrogen) atoms. The first kappa shape index (κ1) is 18.4. The number of aryl methyl sites for hydroxylation is 1. The van der Waals surface area contributed by atoms with Crippen molar-refractivity contribution in [2.45, 2.75) is 39.7 Å². The highest BCUT2D eigenvalue weighted by Crippen LogP contribution is 2.22. The van der Waals surface area contributed by atoms with Gasteiger partial charge in [0.05, 0.1) is 11.5 Å². The lowest BCUT2D eigenvalue weighted by atomic mass is 10.2. The van der Waals surface area contributed by atoms with E-state index in [1.807, 2.05) is 13.8 Å². The highest BCUT2D eigenvalue weighted by molar-refractivity contribution is 5.96. The predicted octanol–water partition coefficient (Wildman–Crippen LogP) is 2.38. The maximum Gasteiger partial charge on any atom is 0.322 e. The number of pyridine rings is 1. The first-order chi connectivity index (χ1) is 12.1. The van der Waals surface area contributed by atoms with Crippen molar-refractivity contribution < 1.29 is 14.5 Å². The Hall–Kier alpha value is -2.97. The van der Waals surface area contributed by atoms with Crippen LogP contribution >= 0.6 is 0 Å². The number of carbonyl (C=O) groups excluding carboxylic acids is 1. The Morgan fingerprint density at radius 3 is 2.88 bits per heavy atom. The average molecular weight is 347 g/mol. The highest BCUT2D eigenvalue weighted by Gasteiger charge is 2.28. The van der Waals surface area contributed by atoms with E-state index in [0.717, 1.165) is 6.42 Å². The summed E-state index contributed by atoms with van der Waals surface area (Å²) in [6.07, 6.45) is 3.60. The molecule has 0 atom stereocenters. The van der Waals surface area contributed by atoms with Crippen molar-refractivity contribution in [3.05, 3.63) is 45.4 Å². The first-order valence-electron chi connectivity index (χ1n) is 8.14. The van der Waals surface area contributed by atoms with Gasteiger partial charge in [0, 0.05) is 18.3 Å². The van der Waals surface area contributed by atoms with Crippen molar-refractivity contribution >= 4 is 11.6 Å². The van der Waals surface area contributed by atoms with Gasteiger partial charge >= 0.3 is 5.69 Å². The zero-order chi connectivity index (χ0) is 18.2. The van der Waals surface area contributed by atoms with Crippen molar-refractivity contribution in [3.8, 4) is 5.88 Å². The fraction of sp³-hybridized carbons (Fsp3) is 0.438. The number of aromatic amines is 1.